The lowest BCUT2D eigenvalue weighted by Crippen LogP contribution is -1.97. The van der Waals surface area contributed by atoms with Crippen LogP contribution < -0.4 is 5.73 Å². The van der Waals surface area contributed by atoms with Crippen LogP contribution >= 0.6 is 0 Å². The minimum Gasteiger partial charge on any atom is -0.325 e. The lowest BCUT2D eigenvalue weighted by molar-refractivity contribution is 0.765. The summed E-state index contributed by atoms with van der Waals surface area (Å²) in [6.07, 6.45) is 2.08. The van der Waals surface area contributed by atoms with E-state index in [0.29, 0.717) is 12.5 Å². The molecule has 3 heteroatoms. The Morgan fingerprint density at radius 1 is 1.47 bits per heavy atom. The molecule has 0 fully saturated rings. The van der Waals surface area contributed by atoms with Gasteiger partial charge in [-0.05, 0) is 24.6 Å². The fraction of sp³-hybridized carbons (Fsp3) is 0.417. The van der Waals surface area contributed by atoms with E-state index in [1.165, 1.54) is 5.56 Å². The summed E-state index contributed by atoms with van der Waals surface area (Å²) in [7, 11) is 0. The summed E-state index contributed by atoms with van der Waals surface area (Å²) in [5.74, 6) is 1.51. The van der Waals surface area contributed by atoms with E-state index in [2.05, 4.69) is 48.5 Å². The Labute approximate surface area is 89.9 Å². The predicted octanol–water partition coefficient (Wildman–Crippen LogP) is 2.22. The van der Waals surface area contributed by atoms with Gasteiger partial charge in [0.05, 0.1) is 11.2 Å². The van der Waals surface area contributed by atoms with Crippen molar-refractivity contribution in [3.05, 3.63) is 35.4 Å². The van der Waals surface area contributed by atoms with E-state index in [0.717, 1.165) is 17.0 Å². The number of aromatic nitrogens is 2. The molecule has 0 saturated carbocycles. The van der Waals surface area contributed by atoms with Crippen molar-refractivity contribution in [1.82, 2.24) is 9.38 Å². The molecule has 2 aromatic rings. The first-order chi connectivity index (χ1) is 7.13. The zero-order valence-electron chi connectivity index (χ0n) is 9.49. The molecule has 0 atom stereocenters. The number of pyridine rings is 1. The molecule has 0 aromatic carbocycles. The number of nitrogens with two attached hydrogens (primary N) is 1. The molecular weight excluding hydrogens is 186 g/mol. The van der Waals surface area contributed by atoms with E-state index in [1.54, 1.807) is 0 Å². The van der Waals surface area contributed by atoms with Crippen molar-refractivity contribution in [3.63, 3.8) is 0 Å². The lowest BCUT2D eigenvalue weighted by atomic mass is 10.2. The lowest BCUT2D eigenvalue weighted by Gasteiger charge is -2.03. The van der Waals surface area contributed by atoms with Crippen LogP contribution in [0.2, 0.25) is 0 Å². The second-order valence-corrected chi connectivity index (χ2v) is 4.23. The average Bonchev–Trinajstić information content (AvgIpc) is 2.55. The van der Waals surface area contributed by atoms with Gasteiger partial charge in [0.1, 0.15) is 5.82 Å². The number of nitrogens with zero attached hydrogens (tertiary/aromatic N) is 2. The smallest absolute Gasteiger partial charge is 0.116 e. The molecule has 15 heavy (non-hydrogen) atoms. The van der Waals surface area contributed by atoms with E-state index in [-0.39, 0.29) is 0 Å². The molecule has 2 aromatic heterocycles. The van der Waals surface area contributed by atoms with E-state index < -0.39 is 0 Å². The second-order valence-electron chi connectivity index (χ2n) is 4.23. The summed E-state index contributed by atoms with van der Waals surface area (Å²) in [6, 6.07) is 4.24. The predicted molar refractivity (Wildman–Crippen MR) is 61.9 cm³/mol. The molecular formula is C12H17N3. The molecule has 3 nitrogen and oxygen atoms in total. The van der Waals surface area contributed by atoms with Gasteiger partial charge >= 0.3 is 0 Å². The third-order valence-electron chi connectivity index (χ3n) is 2.61. The van der Waals surface area contributed by atoms with E-state index >= 15 is 0 Å². The fourth-order valence-corrected chi connectivity index (χ4v) is 1.83. The van der Waals surface area contributed by atoms with E-state index in [4.69, 9.17) is 5.73 Å². The number of fused-ring (bicyclic) bond motifs is 1. The topological polar surface area (TPSA) is 43.3 Å². The van der Waals surface area contributed by atoms with E-state index in [9.17, 15) is 0 Å². The maximum absolute atomic E-state index is 5.70. The van der Waals surface area contributed by atoms with Gasteiger partial charge in [-0.1, -0.05) is 13.8 Å². The van der Waals surface area contributed by atoms with Crippen LogP contribution in [0.1, 0.15) is 36.8 Å². The van der Waals surface area contributed by atoms with Crippen LogP contribution in [0.5, 0.6) is 0 Å². The standard InChI is InChI=1S/C12H17N3/c1-8(2)12-14-10(7-13)11-6-9(3)4-5-15(11)12/h4-6,8H,7,13H2,1-3H3. The first kappa shape index (κ1) is 10.2. The van der Waals surface area contributed by atoms with Gasteiger partial charge in [0, 0.05) is 18.7 Å². The zero-order chi connectivity index (χ0) is 11.0. The summed E-state index contributed by atoms with van der Waals surface area (Å²) in [5, 5.41) is 0. The molecule has 80 valence electrons. The van der Waals surface area contributed by atoms with Crippen LogP contribution in [-0.4, -0.2) is 9.38 Å². The summed E-state index contributed by atoms with van der Waals surface area (Å²) in [4.78, 5) is 4.59. The van der Waals surface area contributed by atoms with Gasteiger partial charge in [0.15, 0.2) is 0 Å². The molecule has 0 spiro atoms. The molecule has 2 rings (SSSR count). The van der Waals surface area contributed by atoms with E-state index in [1.807, 2.05) is 0 Å². The van der Waals surface area contributed by atoms with Gasteiger partial charge in [-0.2, -0.15) is 0 Å². The van der Waals surface area contributed by atoms with Crippen molar-refractivity contribution < 1.29 is 0 Å². The maximum atomic E-state index is 5.70. The molecule has 0 saturated heterocycles. The summed E-state index contributed by atoms with van der Waals surface area (Å²) >= 11 is 0. The molecule has 0 amide bonds. The zero-order valence-corrected chi connectivity index (χ0v) is 9.49. The normalized spacial score (nSPS) is 11.5. The maximum Gasteiger partial charge on any atom is 0.116 e. The SMILES string of the molecule is Cc1ccn2c(C(C)C)nc(CN)c2c1. The minimum absolute atomic E-state index is 0.417. The van der Waals surface area contributed by atoms with Crippen LogP contribution in [0.3, 0.4) is 0 Å². The number of imidazole rings is 1. The summed E-state index contributed by atoms with van der Waals surface area (Å²) in [6.45, 7) is 6.88. The van der Waals surface area contributed by atoms with Crippen molar-refractivity contribution in [2.24, 2.45) is 5.73 Å². The number of rotatable bonds is 2. The number of aryl methyl sites for hydroxylation is 1. The second kappa shape index (κ2) is 3.66. The largest absolute Gasteiger partial charge is 0.325 e. The highest BCUT2D eigenvalue weighted by molar-refractivity contribution is 5.55. The van der Waals surface area contributed by atoms with Gasteiger partial charge in [-0.3, -0.25) is 0 Å². The Morgan fingerprint density at radius 2 is 2.20 bits per heavy atom. The monoisotopic (exact) mass is 203 g/mol. The summed E-state index contributed by atoms with van der Waals surface area (Å²) < 4.78 is 2.14. The minimum atomic E-state index is 0.417. The molecule has 2 N–H and O–H groups in total. The molecule has 2 heterocycles. The molecule has 0 aliphatic rings. The van der Waals surface area contributed by atoms with Gasteiger partial charge in [0.2, 0.25) is 0 Å². The van der Waals surface area contributed by atoms with Crippen molar-refractivity contribution >= 4 is 5.52 Å². The molecule has 0 aliphatic carbocycles. The first-order valence-corrected chi connectivity index (χ1v) is 5.31. The van der Waals surface area contributed by atoms with Crippen molar-refractivity contribution in [1.29, 1.82) is 0 Å². The van der Waals surface area contributed by atoms with Crippen molar-refractivity contribution in [2.45, 2.75) is 33.2 Å². The van der Waals surface area contributed by atoms with Gasteiger partial charge in [-0.25, -0.2) is 4.98 Å². The highest BCUT2D eigenvalue weighted by atomic mass is 15.0. The Morgan fingerprint density at radius 3 is 2.80 bits per heavy atom. The molecule has 0 bridgehead atoms. The Kier molecular flexibility index (Phi) is 2.49. The van der Waals surface area contributed by atoms with Crippen LogP contribution in [0.25, 0.3) is 5.52 Å². The van der Waals surface area contributed by atoms with Crippen molar-refractivity contribution in [2.75, 3.05) is 0 Å². The van der Waals surface area contributed by atoms with Crippen LogP contribution in [0.15, 0.2) is 18.3 Å². The van der Waals surface area contributed by atoms with Crippen LogP contribution in [0.4, 0.5) is 0 Å². The van der Waals surface area contributed by atoms with Crippen LogP contribution in [-0.2, 0) is 6.54 Å². The molecule has 0 radical (unpaired) electrons. The number of hydrogen-bond donors (Lipinski definition) is 1. The summed E-state index contributed by atoms with van der Waals surface area (Å²) in [5.41, 5.74) is 9.07. The third kappa shape index (κ3) is 1.63. The molecule has 0 unspecified atom stereocenters. The van der Waals surface area contributed by atoms with Crippen LogP contribution in [0, 0.1) is 6.92 Å². The average molecular weight is 203 g/mol. The highest BCUT2D eigenvalue weighted by Gasteiger charge is 2.12. The molecule has 0 aliphatic heterocycles. The fourth-order valence-electron chi connectivity index (χ4n) is 1.83. The Hall–Kier alpha value is -1.35. The third-order valence-corrected chi connectivity index (χ3v) is 2.61. The van der Waals surface area contributed by atoms with Crippen molar-refractivity contribution in [3.8, 4) is 0 Å². The highest BCUT2D eigenvalue weighted by Crippen LogP contribution is 2.20. The Bertz CT molecular complexity index is 483. The first-order valence-electron chi connectivity index (χ1n) is 5.31. The quantitative estimate of drug-likeness (QED) is 0.813. The van der Waals surface area contributed by atoms with Gasteiger partial charge < -0.3 is 10.1 Å². The number of hydrogen-bond acceptors (Lipinski definition) is 2. The van der Waals surface area contributed by atoms with Gasteiger partial charge in [-0.15, -0.1) is 0 Å². The van der Waals surface area contributed by atoms with Gasteiger partial charge in [0.25, 0.3) is 0 Å². The Balaban J connectivity index is 2.75.